The second-order valence-electron chi connectivity index (χ2n) is 5.57. The average molecular weight is 394 g/mol. The molecular weight excluding hydrogens is 376 g/mol. The predicted molar refractivity (Wildman–Crippen MR) is 103 cm³/mol. The van der Waals surface area contributed by atoms with E-state index in [0.717, 1.165) is 17.3 Å². The number of nitrogens with one attached hydrogen (secondary N) is 1. The molecule has 26 heavy (non-hydrogen) atoms. The highest BCUT2D eigenvalue weighted by Gasteiger charge is 2.38. The Hall–Kier alpha value is -2.39. The molecule has 2 N–H and O–H groups in total. The fraction of sp³-hybridized carbons (Fsp3) is 0.294. The van der Waals surface area contributed by atoms with Crippen molar-refractivity contribution in [1.29, 1.82) is 0 Å². The molecule has 2 atom stereocenters. The summed E-state index contributed by atoms with van der Waals surface area (Å²) in [6, 6.07) is 5.18. The topological polar surface area (TPSA) is 95.9 Å². The summed E-state index contributed by atoms with van der Waals surface area (Å²) in [6.45, 7) is 2.85. The van der Waals surface area contributed by atoms with Gasteiger partial charge in [-0.25, -0.2) is 0 Å². The van der Waals surface area contributed by atoms with Crippen LogP contribution in [0, 0.1) is 0 Å². The minimum Gasteiger partial charge on any atom is -0.497 e. The predicted octanol–water partition coefficient (Wildman–Crippen LogP) is 1.87. The zero-order valence-corrected chi connectivity index (χ0v) is 16.0. The van der Waals surface area contributed by atoms with Gasteiger partial charge in [0.1, 0.15) is 22.2 Å². The molecule has 1 aliphatic heterocycles. The normalized spacial score (nSPS) is 18.0. The Bertz CT molecular complexity index is 776. The lowest BCUT2D eigenvalue weighted by atomic mass is 10.2. The Balaban J connectivity index is 2.15. The van der Waals surface area contributed by atoms with Crippen LogP contribution in [0.1, 0.15) is 19.4 Å². The van der Waals surface area contributed by atoms with Crippen LogP contribution in [0.3, 0.4) is 0 Å². The molecule has 2 rings (SSSR count). The van der Waals surface area contributed by atoms with Crippen LogP contribution in [0.2, 0.25) is 0 Å². The van der Waals surface area contributed by atoms with E-state index >= 15 is 0 Å². The molecule has 0 aliphatic carbocycles. The first-order valence-electron chi connectivity index (χ1n) is 7.69. The smallest absolute Gasteiger partial charge is 0.325 e. The molecule has 1 heterocycles. The number of benzene rings is 1. The maximum absolute atomic E-state index is 12.6. The summed E-state index contributed by atoms with van der Waals surface area (Å²) < 4.78 is 5.34. The zero-order chi connectivity index (χ0) is 19.4. The van der Waals surface area contributed by atoms with Crippen molar-refractivity contribution < 1.29 is 24.2 Å². The van der Waals surface area contributed by atoms with E-state index in [9.17, 15) is 14.4 Å². The zero-order valence-electron chi connectivity index (χ0n) is 14.4. The van der Waals surface area contributed by atoms with Gasteiger partial charge in [-0.05, 0) is 37.6 Å². The standard InChI is InChI=1S/C17H18N2O5S2/c1-9(16(22)23)18-14(20)10(2)19-15(21)13(26-17(19)25)8-11-4-6-12(24-3)7-5-11/h4-10H,1-3H3,(H,18,20)(H,22,23)/b13-8-. The summed E-state index contributed by atoms with van der Waals surface area (Å²) in [5.74, 6) is -1.42. The number of hydrogen-bond donors (Lipinski definition) is 2. The number of thioether (sulfide) groups is 1. The number of nitrogens with zero attached hydrogens (tertiary/aromatic N) is 1. The lowest BCUT2D eigenvalue weighted by Gasteiger charge is -2.23. The van der Waals surface area contributed by atoms with Crippen LogP contribution in [-0.4, -0.2) is 51.3 Å². The van der Waals surface area contributed by atoms with E-state index in [-0.39, 0.29) is 10.2 Å². The highest BCUT2D eigenvalue weighted by molar-refractivity contribution is 8.26. The number of amides is 2. The van der Waals surface area contributed by atoms with Crippen LogP contribution in [0.4, 0.5) is 0 Å². The van der Waals surface area contributed by atoms with Crippen molar-refractivity contribution in [2.45, 2.75) is 25.9 Å². The number of methoxy groups -OCH3 is 1. The Labute approximate surface area is 160 Å². The first-order valence-corrected chi connectivity index (χ1v) is 8.91. The quantitative estimate of drug-likeness (QED) is 0.562. The van der Waals surface area contributed by atoms with E-state index in [1.807, 2.05) is 0 Å². The maximum Gasteiger partial charge on any atom is 0.325 e. The number of thiocarbonyl (C=S) groups is 1. The second-order valence-corrected chi connectivity index (χ2v) is 7.25. The van der Waals surface area contributed by atoms with Gasteiger partial charge < -0.3 is 15.2 Å². The fourth-order valence-electron chi connectivity index (χ4n) is 2.18. The molecule has 0 saturated carbocycles. The molecule has 1 aromatic carbocycles. The first-order chi connectivity index (χ1) is 12.2. The van der Waals surface area contributed by atoms with Gasteiger partial charge in [0, 0.05) is 0 Å². The third-order valence-electron chi connectivity index (χ3n) is 3.73. The van der Waals surface area contributed by atoms with Crippen LogP contribution < -0.4 is 10.1 Å². The Kier molecular flexibility index (Phi) is 6.38. The van der Waals surface area contributed by atoms with Crippen molar-refractivity contribution in [3.05, 3.63) is 34.7 Å². The van der Waals surface area contributed by atoms with Gasteiger partial charge >= 0.3 is 5.97 Å². The summed E-state index contributed by atoms with van der Waals surface area (Å²) in [4.78, 5) is 37.3. The Morgan fingerprint density at radius 3 is 2.46 bits per heavy atom. The third kappa shape index (κ3) is 4.41. The molecule has 0 bridgehead atoms. The average Bonchev–Trinajstić information content (AvgIpc) is 2.88. The van der Waals surface area contributed by atoms with E-state index in [1.54, 1.807) is 37.5 Å². The molecule has 7 nitrogen and oxygen atoms in total. The van der Waals surface area contributed by atoms with Crippen LogP contribution >= 0.6 is 24.0 Å². The van der Waals surface area contributed by atoms with Gasteiger partial charge in [0.05, 0.1) is 12.0 Å². The monoisotopic (exact) mass is 394 g/mol. The second kappa shape index (κ2) is 8.33. The number of carbonyl (C=O) groups is 3. The van der Waals surface area contributed by atoms with Crippen molar-refractivity contribution in [2.75, 3.05) is 7.11 Å². The first kappa shape index (κ1) is 19.9. The van der Waals surface area contributed by atoms with Gasteiger partial charge in [0.2, 0.25) is 5.91 Å². The number of aliphatic carboxylic acids is 1. The van der Waals surface area contributed by atoms with Gasteiger partial charge in [-0.2, -0.15) is 0 Å². The molecule has 0 radical (unpaired) electrons. The number of ether oxygens (including phenoxy) is 1. The lowest BCUT2D eigenvalue weighted by Crippen LogP contribution is -2.50. The Morgan fingerprint density at radius 1 is 1.31 bits per heavy atom. The van der Waals surface area contributed by atoms with Crippen molar-refractivity contribution in [3.8, 4) is 5.75 Å². The van der Waals surface area contributed by atoms with Crippen LogP contribution in [0.5, 0.6) is 5.75 Å². The third-order valence-corrected chi connectivity index (χ3v) is 5.06. The van der Waals surface area contributed by atoms with Gasteiger partial charge in [-0.3, -0.25) is 19.3 Å². The van der Waals surface area contributed by atoms with Crippen molar-refractivity contribution in [3.63, 3.8) is 0 Å². The molecule has 0 aromatic heterocycles. The molecule has 0 spiro atoms. The van der Waals surface area contributed by atoms with E-state index in [2.05, 4.69) is 5.32 Å². The van der Waals surface area contributed by atoms with Gasteiger partial charge in [0.15, 0.2) is 0 Å². The molecule has 2 amide bonds. The van der Waals surface area contributed by atoms with Crippen LogP contribution in [0.15, 0.2) is 29.2 Å². The molecule has 1 aliphatic rings. The van der Waals surface area contributed by atoms with E-state index < -0.39 is 24.0 Å². The Morgan fingerprint density at radius 2 is 1.92 bits per heavy atom. The molecule has 138 valence electrons. The number of carbonyl (C=O) groups excluding carboxylic acids is 2. The van der Waals surface area contributed by atoms with Gasteiger partial charge in [0.25, 0.3) is 5.91 Å². The molecular formula is C17H18N2O5S2. The summed E-state index contributed by atoms with van der Waals surface area (Å²) in [5.41, 5.74) is 0.794. The van der Waals surface area contributed by atoms with Crippen molar-refractivity contribution in [2.24, 2.45) is 0 Å². The molecule has 1 fully saturated rings. The largest absolute Gasteiger partial charge is 0.497 e. The SMILES string of the molecule is COc1ccc(/C=C2\SC(=S)N(C(C)C(=O)NC(C)C(=O)O)C2=O)cc1. The van der Waals surface area contributed by atoms with E-state index in [0.29, 0.717) is 10.7 Å². The van der Waals surface area contributed by atoms with Crippen molar-refractivity contribution in [1.82, 2.24) is 10.2 Å². The number of carboxylic acid groups (broad SMARTS) is 1. The van der Waals surface area contributed by atoms with Crippen LogP contribution in [0.25, 0.3) is 6.08 Å². The highest BCUT2D eigenvalue weighted by atomic mass is 32.2. The number of carboxylic acids is 1. The molecule has 2 unspecified atom stereocenters. The van der Waals surface area contributed by atoms with Gasteiger partial charge in [-0.15, -0.1) is 0 Å². The minimum atomic E-state index is -1.16. The minimum absolute atomic E-state index is 0.250. The number of hydrogen-bond acceptors (Lipinski definition) is 6. The van der Waals surface area contributed by atoms with Crippen molar-refractivity contribution >= 4 is 52.2 Å². The van der Waals surface area contributed by atoms with E-state index in [4.69, 9.17) is 22.1 Å². The molecule has 1 saturated heterocycles. The van der Waals surface area contributed by atoms with E-state index in [1.165, 1.54) is 18.7 Å². The molecule has 9 heteroatoms. The number of rotatable bonds is 6. The fourth-order valence-corrected chi connectivity index (χ4v) is 3.60. The summed E-state index contributed by atoms with van der Waals surface area (Å²) >= 11 is 6.32. The summed E-state index contributed by atoms with van der Waals surface area (Å²) in [7, 11) is 1.57. The molecule has 1 aromatic rings. The maximum atomic E-state index is 12.6. The summed E-state index contributed by atoms with van der Waals surface area (Å²) in [6.07, 6.45) is 1.68. The van der Waals surface area contributed by atoms with Crippen LogP contribution in [-0.2, 0) is 14.4 Å². The van der Waals surface area contributed by atoms with Gasteiger partial charge in [-0.1, -0.05) is 36.1 Å². The summed E-state index contributed by atoms with van der Waals surface area (Å²) in [5, 5.41) is 11.2. The lowest BCUT2D eigenvalue weighted by molar-refractivity contribution is -0.142. The highest BCUT2D eigenvalue weighted by Crippen LogP contribution is 2.34.